The molecule has 4 heterocycles. The molecule has 0 unspecified atom stereocenters. The maximum absolute atomic E-state index is 5.71. The maximum Gasteiger partial charge on any atom is 0.0933 e. The van der Waals surface area contributed by atoms with Crippen LogP contribution in [0.2, 0.25) is 0 Å². The molecule has 1 atom stereocenters. The molecule has 6 rings (SSSR count). The van der Waals surface area contributed by atoms with Crippen molar-refractivity contribution >= 4 is 10.9 Å². The van der Waals surface area contributed by atoms with E-state index in [2.05, 4.69) is 75.1 Å². The van der Waals surface area contributed by atoms with Crippen LogP contribution in [0.3, 0.4) is 0 Å². The SMILES string of the molecule is c1ccc(-c2cc3c(-c4cn[nH]c4)nccc3nc2-c2ccc(CNC[C@H]3COCCO3)cc2)cc1. The molecule has 3 aromatic heterocycles. The maximum atomic E-state index is 5.71. The number of fused-ring (bicyclic) bond motifs is 1. The summed E-state index contributed by atoms with van der Waals surface area (Å²) in [5.41, 5.74) is 8.13. The summed E-state index contributed by atoms with van der Waals surface area (Å²) in [6, 6.07) is 23.2. The number of rotatable bonds is 7. The number of benzene rings is 2. The molecule has 1 aliphatic heterocycles. The summed E-state index contributed by atoms with van der Waals surface area (Å²) < 4.78 is 11.2. The highest BCUT2D eigenvalue weighted by Gasteiger charge is 2.16. The van der Waals surface area contributed by atoms with Gasteiger partial charge < -0.3 is 14.8 Å². The Hall–Kier alpha value is -3.91. The lowest BCUT2D eigenvalue weighted by molar-refractivity contribution is -0.0864. The van der Waals surface area contributed by atoms with Gasteiger partial charge in [-0.2, -0.15) is 5.10 Å². The third kappa shape index (κ3) is 4.77. The smallest absolute Gasteiger partial charge is 0.0933 e. The number of ether oxygens (including phenoxy) is 2. The molecule has 1 aliphatic rings. The highest BCUT2D eigenvalue weighted by molar-refractivity contribution is 5.98. The van der Waals surface area contributed by atoms with Crippen LogP contribution in [0.25, 0.3) is 44.5 Å². The second-order valence-electron chi connectivity index (χ2n) is 8.86. The summed E-state index contributed by atoms with van der Waals surface area (Å²) in [5, 5.41) is 11.5. The van der Waals surface area contributed by atoms with Crippen LogP contribution in [0.5, 0.6) is 0 Å². The lowest BCUT2D eigenvalue weighted by atomic mass is 9.96. The van der Waals surface area contributed by atoms with E-state index < -0.39 is 0 Å². The van der Waals surface area contributed by atoms with Crippen LogP contribution in [0, 0.1) is 0 Å². The zero-order valence-electron chi connectivity index (χ0n) is 19.9. The lowest BCUT2D eigenvalue weighted by Gasteiger charge is -2.23. The average Bonchev–Trinajstić information content (AvgIpc) is 3.48. The van der Waals surface area contributed by atoms with Crippen molar-refractivity contribution in [2.45, 2.75) is 12.6 Å². The molecule has 0 spiro atoms. The van der Waals surface area contributed by atoms with Gasteiger partial charge in [0, 0.05) is 47.6 Å². The summed E-state index contributed by atoms with van der Waals surface area (Å²) in [6.45, 7) is 3.56. The van der Waals surface area contributed by atoms with Crippen molar-refractivity contribution in [1.29, 1.82) is 0 Å². The van der Waals surface area contributed by atoms with Crippen molar-refractivity contribution in [2.24, 2.45) is 0 Å². The number of nitrogens with one attached hydrogen (secondary N) is 2. The standard InChI is InChI=1S/C29H27N5O2/c1-2-4-21(5-3-1)25-14-26-27(10-11-31-28(26)23-16-32-33-17-23)34-29(25)22-8-6-20(7-9-22)15-30-18-24-19-35-12-13-36-24/h1-11,14,16-17,24,30H,12-13,15,18-19H2,(H,32,33)/t24-/m0/s1. The molecule has 0 bridgehead atoms. The van der Waals surface area contributed by atoms with E-state index in [1.54, 1.807) is 12.4 Å². The van der Waals surface area contributed by atoms with Gasteiger partial charge in [0.05, 0.1) is 49.0 Å². The zero-order valence-corrected chi connectivity index (χ0v) is 19.9. The Balaban J connectivity index is 1.33. The van der Waals surface area contributed by atoms with E-state index in [-0.39, 0.29) is 6.10 Å². The number of aromatic amines is 1. The monoisotopic (exact) mass is 477 g/mol. The quantitative estimate of drug-likeness (QED) is 0.348. The first-order valence-corrected chi connectivity index (χ1v) is 12.2. The van der Waals surface area contributed by atoms with Crippen LogP contribution in [0.1, 0.15) is 5.56 Å². The van der Waals surface area contributed by atoms with Crippen molar-refractivity contribution < 1.29 is 9.47 Å². The Kier molecular flexibility index (Phi) is 6.50. The first-order chi connectivity index (χ1) is 17.8. The molecule has 36 heavy (non-hydrogen) atoms. The van der Waals surface area contributed by atoms with Crippen LogP contribution < -0.4 is 5.32 Å². The molecule has 7 heteroatoms. The molecular formula is C29H27N5O2. The predicted molar refractivity (Wildman–Crippen MR) is 140 cm³/mol. The normalized spacial score (nSPS) is 15.8. The molecule has 0 saturated carbocycles. The molecule has 2 N–H and O–H groups in total. The summed E-state index contributed by atoms with van der Waals surface area (Å²) in [5.74, 6) is 0. The Labute approximate surface area is 209 Å². The fourth-order valence-electron chi connectivity index (χ4n) is 4.58. The number of pyridine rings is 2. The molecule has 1 saturated heterocycles. The Morgan fingerprint density at radius 1 is 0.917 bits per heavy atom. The zero-order chi connectivity index (χ0) is 24.2. The van der Waals surface area contributed by atoms with E-state index in [9.17, 15) is 0 Å². The summed E-state index contributed by atoms with van der Waals surface area (Å²) >= 11 is 0. The van der Waals surface area contributed by atoms with Gasteiger partial charge in [-0.1, -0.05) is 54.6 Å². The fraction of sp³-hybridized carbons (Fsp3) is 0.207. The molecule has 2 aromatic carbocycles. The van der Waals surface area contributed by atoms with Crippen LogP contribution in [-0.4, -0.2) is 52.6 Å². The van der Waals surface area contributed by atoms with Gasteiger partial charge >= 0.3 is 0 Å². The van der Waals surface area contributed by atoms with Crippen LogP contribution >= 0.6 is 0 Å². The molecule has 0 radical (unpaired) electrons. The van der Waals surface area contributed by atoms with E-state index in [4.69, 9.17) is 14.5 Å². The van der Waals surface area contributed by atoms with Gasteiger partial charge in [-0.25, -0.2) is 4.98 Å². The number of nitrogens with zero attached hydrogens (tertiary/aromatic N) is 3. The van der Waals surface area contributed by atoms with Crippen molar-refractivity contribution in [3.63, 3.8) is 0 Å². The van der Waals surface area contributed by atoms with Crippen molar-refractivity contribution in [3.8, 4) is 33.6 Å². The van der Waals surface area contributed by atoms with E-state index in [0.717, 1.165) is 57.6 Å². The van der Waals surface area contributed by atoms with Gasteiger partial charge in [0.2, 0.25) is 0 Å². The second kappa shape index (κ2) is 10.4. The summed E-state index contributed by atoms with van der Waals surface area (Å²) in [4.78, 5) is 9.77. The Bertz CT molecular complexity index is 1430. The number of hydrogen-bond donors (Lipinski definition) is 2. The van der Waals surface area contributed by atoms with Crippen molar-refractivity contribution in [3.05, 3.63) is 90.9 Å². The van der Waals surface area contributed by atoms with Crippen molar-refractivity contribution in [1.82, 2.24) is 25.5 Å². The lowest BCUT2D eigenvalue weighted by Crippen LogP contribution is -2.37. The molecular weight excluding hydrogens is 450 g/mol. The molecule has 5 aromatic rings. The minimum absolute atomic E-state index is 0.120. The van der Waals surface area contributed by atoms with Gasteiger partial charge in [-0.15, -0.1) is 0 Å². The molecule has 180 valence electrons. The Morgan fingerprint density at radius 3 is 2.58 bits per heavy atom. The number of hydrogen-bond acceptors (Lipinski definition) is 6. The van der Waals surface area contributed by atoms with Gasteiger partial charge in [0.15, 0.2) is 0 Å². The summed E-state index contributed by atoms with van der Waals surface area (Å²) in [6.07, 6.45) is 5.57. The second-order valence-corrected chi connectivity index (χ2v) is 8.86. The minimum Gasteiger partial charge on any atom is -0.376 e. The van der Waals surface area contributed by atoms with E-state index in [1.807, 2.05) is 18.3 Å². The predicted octanol–water partition coefficient (Wildman–Crippen LogP) is 4.86. The van der Waals surface area contributed by atoms with E-state index in [0.29, 0.717) is 19.8 Å². The first kappa shape index (κ1) is 22.5. The van der Waals surface area contributed by atoms with Crippen molar-refractivity contribution in [2.75, 3.05) is 26.4 Å². The molecule has 0 aliphatic carbocycles. The molecule has 1 fully saturated rings. The number of aromatic nitrogens is 4. The molecule has 0 amide bonds. The van der Waals surface area contributed by atoms with Gasteiger partial charge in [-0.05, 0) is 23.3 Å². The van der Waals surface area contributed by atoms with Gasteiger partial charge in [-0.3, -0.25) is 10.1 Å². The molecule has 7 nitrogen and oxygen atoms in total. The Morgan fingerprint density at radius 2 is 1.81 bits per heavy atom. The van der Waals surface area contributed by atoms with Gasteiger partial charge in [0.25, 0.3) is 0 Å². The topological polar surface area (TPSA) is 85.0 Å². The van der Waals surface area contributed by atoms with Crippen LogP contribution in [0.4, 0.5) is 0 Å². The van der Waals surface area contributed by atoms with Crippen LogP contribution in [0.15, 0.2) is 85.3 Å². The van der Waals surface area contributed by atoms with E-state index in [1.165, 1.54) is 5.56 Å². The minimum atomic E-state index is 0.120. The first-order valence-electron chi connectivity index (χ1n) is 12.2. The van der Waals surface area contributed by atoms with Gasteiger partial charge in [0.1, 0.15) is 0 Å². The van der Waals surface area contributed by atoms with E-state index >= 15 is 0 Å². The third-order valence-electron chi connectivity index (χ3n) is 6.41. The number of H-pyrrole nitrogens is 1. The largest absolute Gasteiger partial charge is 0.376 e. The average molecular weight is 478 g/mol. The highest BCUT2D eigenvalue weighted by Crippen LogP contribution is 2.36. The third-order valence-corrected chi connectivity index (χ3v) is 6.41. The summed E-state index contributed by atoms with van der Waals surface area (Å²) in [7, 11) is 0. The fourth-order valence-corrected chi connectivity index (χ4v) is 4.58. The highest BCUT2D eigenvalue weighted by atomic mass is 16.6. The van der Waals surface area contributed by atoms with Crippen LogP contribution in [-0.2, 0) is 16.0 Å².